The summed E-state index contributed by atoms with van der Waals surface area (Å²) < 4.78 is 39.8. The Balaban J connectivity index is 1.71. The molecule has 0 radical (unpaired) electrons. The summed E-state index contributed by atoms with van der Waals surface area (Å²) in [6.07, 6.45) is -2.47. The zero-order chi connectivity index (χ0) is 17.3. The summed E-state index contributed by atoms with van der Waals surface area (Å²) in [6.45, 7) is 1.27. The minimum Gasteiger partial charge on any atom is -0.384 e. The van der Waals surface area contributed by atoms with Gasteiger partial charge in [-0.15, -0.1) is 0 Å². The number of alkyl halides is 2. The van der Waals surface area contributed by atoms with Gasteiger partial charge in [-0.05, 0) is 18.9 Å². The lowest BCUT2D eigenvalue weighted by Crippen LogP contribution is -2.45. The van der Waals surface area contributed by atoms with Crippen LogP contribution in [-0.4, -0.2) is 58.6 Å². The van der Waals surface area contributed by atoms with Crippen molar-refractivity contribution in [3.63, 3.8) is 0 Å². The first-order chi connectivity index (χ1) is 11.4. The first kappa shape index (κ1) is 17.2. The molecule has 8 nitrogen and oxygen atoms in total. The molecule has 2 fully saturated rings. The Hall–Kier alpha value is -1.62. The first-order valence-corrected chi connectivity index (χ1v) is 7.76. The van der Waals surface area contributed by atoms with Gasteiger partial charge < -0.3 is 25.6 Å². The lowest BCUT2D eigenvalue weighted by atomic mass is 10.1. The summed E-state index contributed by atoms with van der Waals surface area (Å²) in [4.78, 5) is 15.2. The van der Waals surface area contributed by atoms with Crippen LogP contribution in [0.25, 0.3) is 0 Å². The number of anilines is 1. The van der Waals surface area contributed by atoms with E-state index in [1.165, 1.54) is 6.07 Å². The minimum atomic E-state index is -3.62. The minimum absolute atomic E-state index is 0.0507. The Labute approximate surface area is 136 Å². The molecule has 4 N–H and O–H groups in total. The third-order valence-electron chi connectivity index (χ3n) is 4.31. The van der Waals surface area contributed by atoms with Gasteiger partial charge in [0.25, 0.3) is 0 Å². The third kappa shape index (κ3) is 3.27. The summed E-state index contributed by atoms with van der Waals surface area (Å²) >= 11 is 0. The van der Waals surface area contributed by atoms with Crippen LogP contribution in [0.2, 0.25) is 0 Å². The highest BCUT2D eigenvalue weighted by Gasteiger charge is 2.59. The number of nitrogens with two attached hydrogens (primary N) is 1. The fraction of sp³-hybridized carbons (Fsp3) is 0.714. The summed E-state index contributed by atoms with van der Waals surface area (Å²) in [7, 11) is 0. The molecule has 2 aliphatic rings. The molecule has 2 aliphatic heterocycles. The number of hydrogen-bond acceptors (Lipinski definition) is 7. The maximum Gasteiger partial charge on any atom is 0.351 e. The van der Waals surface area contributed by atoms with E-state index in [0.717, 1.165) is 19.0 Å². The van der Waals surface area contributed by atoms with Crippen molar-refractivity contribution in [2.75, 3.05) is 25.5 Å². The Kier molecular flexibility index (Phi) is 4.81. The van der Waals surface area contributed by atoms with Gasteiger partial charge >= 0.3 is 11.6 Å². The molecule has 3 atom stereocenters. The van der Waals surface area contributed by atoms with Crippen molar-refractivity contribution in [3.8, 4) is 0 Å². The van der Waals surface area contributed by atoms with Crippen LogP contribution >= 0.6 is 0 Å². The third-order valence-corrected chi connectivity index (χ3v) is 4.31. The molecule has 0 unspecified atom stereocenters. The molecule has 0 amide bonds. The molecule has 3 rings (SSSR count). The van der Waals surface area contributed by atoms with Gasteiger partial charge in [-0.25, -0.2) is 4.79 Å². The molecule has 0 aliphatic carbocycles. The van der Waals surface area contributed by atoms with Gasteiger partial charge in [0, 0.05) is 32.0 Å². The summed E-state index contributed by atoms with van der Waals surface area (Å²) in [5.74, 6) is -3.69. The van der Waals surface area contributed by atoms with Gasteiger partial charge in [0.1, 0.15) is 18.0 Å². The number of aromatic nitrogens is 2. The van der Waals surface area contributed by atoms with E-state index in [1.807, 2.05) is 0 Å². The van der Waals surface area contributed by atoms with Crippen LogP contribution in [-0.2, 0) is 9.47 Å². The fourth-order valence-electron chi connectivity index (χ4n) is 2.92. The molecular formula is C14H20F2N4O4. The molecule has 1 aromatic rings. The highest BCUT2D eigenvalue weighted by atomic mass is 19.3. The summed E-state index contributed by atoms with van der Waals surface area (Å²) in [6, 6.07) is 1.35. The van der Waals surface area contributed by atoms with Gasteiger partial charge in [0.2, 0.25) is 6.23 Å². The van der Waals surface area contributed by atoms with Gasteiger partial charge in [0.15, 0.2) is 0 Å². The van der Waals surface area contributed by atoms with E-state index in [0.29, 0.717) is 17.8 Å². The van der Waals surface area contributed by atoms with E-state index >= 15 is 0 Å². The van der Waals surface area contributed by atoms with E-state index in [2.05, 4.69) is 10.3 Å². The Bertz CT molecular complexity index is 635. The van der Waals surface area contributed by atoms with Crippen LogP contribution in [0.3, 0.4) is 0 Å². The first-order valence-electron chi connectivity index (χ1n) is 7.76. The van der Waals surface area contributed by atoms with Crippen molar-refractivity contribution in [3.05, 3.63) is 22.7 Å². The second kappa shape index (κ2) is 6.71. The second-order valence-electron chi connectivity index (χ2n) is 5.98. The zero-order valence-electron chi connectivity index (χ0n) is 12.9. The molecule has 1 aromatic heterocycles. The monoisotopic (exact) mass is 346 g/mol. The molecule has 2 saturated heterocycles. The van der Waals surface area contributed by atoms with Crippen molar-refractivity contribution >= 4 is 5.82 Å². The quantitative estimate of drug-likeness (QED) is 0.673. The highest BCUT2D eigenvalue weighted by Crippen LogP contribution is 2.42. The predicted octanol–water partition coefficient (Wildman–Crippen LogP) is -0.512. The normalized spacial score (nSPS) is 30.5. The van der Waals surface area contributed by atoms with Crippen LogP contribution in [0.15, 0.2) is 17.1 Å². The fourth-order valence-corrected chi connectivity index (χ4v) is 2.92. The predicted molar refractivity (Wildman–Crippen MR) is 79.6 cm³/mol. The average molecular weight is 346 g/mol. The number of rotatable bonds is 4. The zero-order valence-corrected chi connectivity index (χ0v) is 12.9. The largest absolute Gasteiger partial charge is 0.384 e. The molecule has 0 bridgehead atoms. The maximum absolute atomic E-state index is 14.3. The van der Waals surface area contributed by atoms with Crippen molar-refractivity contribution in [1.82, 2.24) is 14.9 Å². The molecular weight excluding hydrogens is 326 g/mol. The standard InChI is InChI=1S/C14H20F2N4O4/c15-14(16)11(21)9(7-18-8-2-5-23-6-3-8)24-12(14)20-4-1-10(17)19-13(20)22/h1,4,8-9,11-12,18,21H,2-3,5-7H2,(H2,17,19,22)/t9-,11-,12-/m1/s1. The number of aliphatic hydroxyl groups excluding tert-OH is 1. The number of nitrogens with one attached hydrogen (secondary N) is 1. The molecule has 0 saturated carbocycles. The van der Waals surface area contributed by atoms with E-state index in [-0.39, 0.29) is 18.4 Å². The second-order valence-corrected chi connectivity index (χ2v) is 5.98. The smallest absolute Gasteiger partial charge is 0.351 e. The maximum atomic E-state index is 14.3. The number of halogens is 2. The van der Waals surface area contributed by atoms with Crippen LogP contribution < -0.4 is 16.7 Å². The van der Waals surface area contributed by atoms with Crippen LogP contribution in [0.4, 0.5) is 14.6 Å². The molecule has 134 valence electrons. The summed E-state index contributed by atoms with van der Waals surface area (Å²) in [5, 5.41) is 13.0. The molecule has 24 heavy (non-hydrogen) atoms. The molecule has 0 aromatic carbocycles. The van der Waals surface area contributed by atoms with E-state index in [9.17, 15) is 18.7 Å². The summed E-state index contributed by atoms with van der Waals surface area (Å²) in [5.41, 5.74) is 4.40. The van der Waals surface area contributed by atoms with Gasteiger partial charge in [-0.3, -0.25) is 4.57 Å². The number of nitrogens with zero attached hydrogens (tertiary/aromatic N) is 2. The Morgan fingerprint density at radius 1 is 1.46 bits per heavy atom. The number of ether oxygens (including phenoxy) is 2. The average Bonchev–Trinajstić information content (AvgIpc) is 2.77. The van der Waals surface area contributed by atoms with Crippen LogP contribution in [0.5, 0.6) is 0 Å². The van der Waals surface area contributed by atoms with Crippen molar-refractivity contribution < 1.29 is 23.4 Å². The SMILES string of the molecule is Nc1ccn([C@@H]2O[C@H](CNC3CCOCC3)[C@@H](O)C2(F)F)c(=O)n1. The van der Waals surface area contributed by atoms with E-state index < -0.39 is 30.0 Å². The molecule has 0 spiro atoms. The highest BCUT2D eigenvalue weighted by molar-refractivity contribution is 5.23. The van der Waals surface area contributed by atoms with E-state index in [4.69, 9.17) is 15.2 Å². The molecule has 3 heterocycles. The van der Waals surface area contributed by atoms with Gasteiger partial charge in [-0.2, -0.15) is 13.8 Å². The topological polar surface area (TPSA) is 112 Å². The van der Waals surface area contributed by atoms with Crippen molar-refractivity contribution in [1.29, 1.82) is 0 Å². The number of nitrogen functional groups attached to an aromatic ring is 1. The van der Waals surface area contributed by atoms with Crippen LogP contribution in [0.1, 0.15) is 19.1 Å². The van der Waals surface area contributed by atoms with Crippen LogP contribution in [0, 0.1) is 0 Å². The van der Waals surface area contributed by atoms with Gasteiger partial charge in [0.05, 0.1) is 0 Å². The Morgan fingerprint density at radius 3 is 2.83 bits per heavy atom. The van der Waals surface area contributed by atoms with Gasteiger partial charge in [-0.1, -0.05) is 0 Å². The number of aliphatic hydroxyl groups is 1. The van der Waals surface area contributed by atoms with E-state index in [1.54, 1.807) is 0 Å². The lowest BCUT2D eigenvalue weighted by molar-refractivity contribution is -0.140. The molecule has 10 heteroatoms. The Morgan fingerprint density at radius 2 is 2.17 bits per heavy atom. The van der Waals surface area contributed by atoms with Crippen molar-refractivity contribution in [2.45, 2.75) is 43.2 Å². The number of hydrogen-bond donors (Lipinski definition) is 3. The van der Waals surface area contributed by atoms with Crippen molar-refractivity contribution in [2.24, 2.45) is 0 Å². The lowest BCUT2D eigenvalue weighted by Gasteiger charge is -2.25.